The van der Waals surface area contributed by atoms with Crippen LogP contribution in [0.25, 0.3) is 0 Å². The average molecular weight is 214 g/mol. The van der Waals surface area contributed by atoms with Gasteiger partial charge in [-0.3, -0.25) is 9.59 Å². The lowest BCUT2D eigenvalue weighted by atomic mass is 10.1. The molecule has 1 fully saturated rings. The number of hydrogen-bond acceptors (Lipinski definition) is 3. The van der Waals surface area contributed by atoms with Crippen LogP contribution in [0.3, 0.4) is 0 Å². The van der Waals surface area contributed by atoms with Crippen LogP contribution in [0.5, 0.6) is 0 Å². The Kier molecular flexibility index (Phi) is 4.55. The van der Waals surface area contributed by atoms with Gasteiger partial charge in [-0.2, -0.15) is 0 Å². The van der Waals surface area contributed by atoms with Gasteiger partial charge in [-0.1, -0.05) is 0 Å². The summed E-state index contributed by atoms with van der Waals surface area (Å²) in [6, 6.07) is 0. The molecule has 1 aliphatic heterocycles. The van der Waals surface area contributed by atoms with Gasteiger partial charge in [-0.15, -0.1) is 0 Å². The molecule has 86 valence electrons. The Hall–Kier alpha value is -1.10. The molecular formula is C10H18N2O3. The molecule has 1 rings (SSSR count). The molecule has 0 saturated carbocycles. The van der Waals surface area contributed by atoms with Crippen LogP contribution in [0.2, 0.25) is 0 Å². The van der Waals surface area contributed by atoms with Gasteiger partial charge in [-0.05, 0) is 25.3 Å². The third-order valence-corrected chi connectivity index (χ3v) is 2.70. The molecule has 0 aliphatic carbocycles. The normalized spacial score (nSPS) is 21.0. The number of carbonyl (C=O) groups excluding carboxylic acids is 1. The Morgan fingerprint density at radius 1 is 1.53 bits per heavy atom. The molecule has 1 aliphatic rings. The maximum absolute atomic E-state index is 11.4. The first-order valence-corrected chi connectivity index (χ1v) is 5.33. The summed E-state index contributed by atoms with van der Waals surface area (Å²) < 4.78 is 0. The molecule has 1 saturated heterocycles. The van der Waals surface area contributed by atoms with Crippen LogP contribution in [0.15, 0.2) is 0 Å². The smallest absolute Gasteiger partial charge is 0.303 e. The van der Waals surface area contributed by atoms with E-state index in [1.807, 2.05) is 0 Å². The van der Waals surface area contributed by atoms with Gasteiger partial charge in [0.05, 0.1) is 0 Å². The number of hydrogen-bond donors (Lipinski definition) is 2. The number of amides is 1. The van der Waals surface area contributed by atoms with Crippen molar-refractivity contribution in [3.05, 3.63) is 0 Å². The molecule has 0 aromatic heterocycles. The van der Waals surface area contributed by atoms with E-state index in [9.17, 15) is 9.59 Å². The van der Waals surface area contributed by atoms with Gasteiger partial charge in [0.25, 0.3) is 0 Å². The number of nitrogens with two attached hydrogens (primary N) is 1. The molecular weight excluding hydrogens is 196 g/mol. The first kappa shape index (κ1) is 12.0. The molecule has 15 heavy (non-hydrogen) atoms. The van der Waals surface area contributed by atoms with Crippen molar-refractivity contribution in [1.82, 2.24) is 4.90 Å². The van der Waals surface area contributed by atoms with Crippen molar-refractivity contribution in [3.8, 4) is 0 Å². The summed E-state index contributed by atoms with van der Waals surface area (Å²) in [6.07, 6.45) is 2.12. The summed E-state index contributed by atoms with van der Waals surface area (Å²) in [4.78, 5) is 23.5. The molecule has 5 heteroatoms. The van der Waals surface area contributed by atoms with Crippen molar-refractivity contribution in [2.75, 3.05) is 19.6 Å². The van der Waals surface area contributed by atoms with Crippen molar-refractivity contribution < 1.29 is 14.7 Å². The third-order valence-electron chi connectivity index (χ3n) is 2.70. The molecule has 0 bridgehead atoms. The van der Waals surface area contributed by atoms with Crippen molar-refractivity contribution in [1.29, 1.82) is 0 Å². The highest BCUT2D eigenvalue weighted by atomic mass is 16.4. The Bertz CT molecular complexity index is 243. The number of carbonyl (C=O) groups is 2. The number of carboxylic acid groups (broad SMARTS) is 1. The van der Waals surface area contributed by atoms with E-state index in [1.165, 1.54) is 0 Å². The summed E-state index contributed by atoms with van der Waals surface area (Å²) in [5, 5.41) is 8.44. The second kappa shape index (κ2) is 5.70. The predicted octanol–water partition coefficient (Wildman–Crippen LogP) is 0.0485. The number of rotatable bonds is 6. The summed E-state index contributed by atoms with van der Waals surface area (Å²) in [5.74, 6) is -0.333. The van der Waals surface area contributed by atoms with E-state index in [0.717, 1.165) is 13.0 Å². The molecule has 1 atom stereocenters. The van der Waals surface area contributed by atoms with E-state index in [4.69, 9.17) is 10.8 Å². The van der Waals surface area contributed by atoms with Crippen molar-refractivity contribution in [2.45, 2.75) is 25.7 Å². The fourth-order valence-corrected chi connectivity index (χ4v) is 1.81. The lowest BCUT2D eigenvalue weighted by Gasteiger charge is -2.15. The highest BCUT2D eigenvalue weighted by Gasteiger charge is 2.27. The van der Waals surface area contributed by atoms with E-state index >= 15 is 0 Å². The molecule has 5 nitrogen and oxygen atoms in total. The zero-order valence-corrected chi connectivity index (χ0v) is 8.82. The van der Waals surface area contributed by atoms with Gasteiger partial charge >= 0.3 is 5.97 Å². The fraction of sp³-hybridized carbons (Fsp3) is 0.800. The molecule has 0 spiro atoms. The molecule has 1 heterocycles. The number of carboxylic acids is 1. The second-order valence-corrected chi connectivity index (χ2v) is 4.00. The van der Waals surface area contributed by atoms with E-state index in [1.54, 1.807) is 4.90 Å². The molecule has 0 aromatic rings. The summed E-state index contributed by atoms with van der Waals surface area (Å²) >= 11 is 0. The number of aliphatic carboxylic acids is 1. The maximum Gasteiger partial charge on any atom is 0.303 e. The van der Waals surface area contributed by atoms with Gasteiger partial charge in [0.1, 0.15) is 0 Å². The Morgan fingerprint density at radius 2 is 2.27 bits per heavy atom. The van der Waals surface area contributed by atoms with E-state index < -0.39 is 5.97 Å². The van der Waals surface area contributed by atoms with Crippen LogP contribution in [-0.2, 0) is 9.59 Å². The zero-order chi connectivity index (χ0) is 11.3. The van der Waals surface area contributed by atoms with Gasteiger partial charge in [0.2, 0.25) is 5.91 Å². The Morgan fingerprint density at radius 3 is 2.80 bits per heavy atom. The first-order chi connectivity index (χ1) is 7.13. The van der Waals surface area contributed by atoms with Crippen LogP contribution < -0.4 is 5.73 Å². The topological polar surface area (TPSA) is 83.6 Å². The van der Waals surface area contributed by atoms with E-state index in [-0.39, 0.29) is 18.2 Å². The van der Waals surface area contributed by atoms with Crippen LogP contribution in [0.1, 0.15) is 25.7 Å². The van der Waals surface area contributed by atoms with E-state index in [0.29, 0.717) is 25.9 Å². The van der Waals surface area contributed by atoms with Gasteiger partial charge in [0.15, 0.2) is 0 Å². The van der Waals surface area contributed by atoms with Crippen LogP contribution in [-0.4, -0.2) is 41.5 Å². The van der Waals surface area contributed by atoms with Crippen molar-refractivity contribution in [2.24, 2.45) is 11.7 Å². The first-order valence-electron chi connectivity index (χ1n) is 5.33. The van der Waals surface area contributed by atoms with E-state index in [2.05, 4.69) is 0 Å². The standard InChI is InChI=1S/C10H18N2O3/c11-6-8-5-9(13)12(7-8)4-2-1-3-10(14)15/h8H,1-7,11H2,(H,14,15). The highest BCUT2D eigenvalue weighted by Crippen LogP contribution is 2.16. The van der Waals surface area contributed by atoms with Crippen LogP contribution in [0, 0.1) is 5.92 Å². The molecule has 1 amide bonds. The number of likely N-dealkylation sites (tertiary alicyclic amines) is 1. The SMILES string of the molecule is NCC1CC(=O)N(CCCCC(=O)O)C1. The minimum absolute atomic E-state index is 0.153. The van der Waals surface area contributed by atoms with Gasteiger partial charge in [-0.25, -0.2) is 0 Å². The minimum Gasteiger partial charge on any atom is -0.481 e. The zero-order valence-electron chi connectivity index (χ0n) is 8.82. The Labute approximate surface area is 89.2 Å². The summed E-state index contributed by atoms with van der Waals surface area (Å²) in [7, 11) is 0. The number of unbranched alkanes of at least 4 members (excludes halogenated alkanes) is 1. The fourth-order valence-electron chi connectivity index (χ4n) is 1.81. The molecule has 1 unspecified atom stereocenters. The van der Waals surface area contributed by atoms with Crippen molar-refractivity contribution >= 4 is 11.9 Å². The Balaban J connectivity index is 2.16. The predicted molar refractivity (Wildman–Crippen MR) is 55.2 cm³/mol. The lowest BCUT2D eigenvalue weighted by Crippen LogP contribution is -2.27. The monoisotopic (exact) mass is 214 g/mol. The summed E-state index contributed by atoms with van der Waals surface area (Å²) in [6.45, 7) is 1.96. The maximum atomic E-state index is 11.4. The quantitative estimate of drug-likeness (QED) is 0.612. The minimum atomic E-state index is -0.775. The van der Waals surface area contributed by atoms with Gasteiger partial charge in [0, 0.05) is 25.9 Å². The second-order valence-electron chi connectivity index (χ2n) is 4.00. The van der Waals surface area contributed by atoms with Crippen LogP contribution >= 0.6 is 0 Å². The molecule has 0 radical (unpaired) electrons. The van der Waals surface area contributed by atoms with Crippen LogP contribution in [0.4, 0.5) is 0 Å². The molecule has 0 aromatic carbocycles. The summed E-state index contributed by atoms with van der Waals surface area (Å²) in [5.41, 5.74) is 5.50. The van der Waals surface area contributed by atoms with Gasteiger partial charge < -0.3 is 15.7 Å². The molecule has 3 N–H and O–H groups in total. The average Bonchev–Trinajstić information content (AvgIpc) is 2.54. The lowest BCUT2D eigenvalue weighted by molar-refractivity contribution is -0.137. The highest BCUT2D eigenvalue weighted by molar-refractivity contribution is 5.78. The number of nitrogens with zero attached hydrogens (tertiary/aromatic N) is 1. The largest absolute Gasteiger partial charge is 0.481 e. The third kappa shape index (κ3) is 3.87. The van der Waals surface area contributed by atoms with Crippen molar-refractivity contribution in [3.63, 3.8) is 0 Å².